The van der Waals surface area contributed by atoms with Crippen LogP contribution in [0.4, 0.5) is 5.69 Å². The molecule has 0 bridgehead atoms. The van der Waals surface area contributed by atoms with E-state index in [1.807, 2.05) is 24.3 Å². The van der Waals surface area contributed by atoms with E-state index in [-0.39, 0.29) is 11.3 Å². The van der Waals surface area contributed by atoms with Crippen LogP contribution in [0.15, 0.2) is 24.3 Å². The summed E-state index contributed by atoms with van der Waals surface area (Å²) < 4.78 is 5.19. The van der Waals surface area contributed by atoms with Crippen molar-refractivity contribution in [2.45, 2.75) is 20.8 Å². The molecule has 1 aliphatic rings. The van der Waals surface area contributed by atoms with Gasteiger partial charge >= 0.3 is 0 Å². The first kappa shape index (κ1) is 14.9. The van der Waals surface area contributed by atoms with E-state index in [2.05, 4.69) is 31.0 Å². The molecule has 110 valence electrons. The van der Waals surface area contributed by atoms with Gasteiger partial charge in [-0.05, 0) is 38.1 Å². The second-order valence-electron chi connectivity index (χ2n) is 5.71. The van der Waals surface area contributed by atoms with E-state index in [4.69, 9.17) is 4.74 Å². The molecule has 0 radical (unpaired) electrons. The summed E-state index contributed by atoms with van der Waals surface area (Å²) in [5.41, 5.74) is 1.98. The molecule has 1 amide bonds. The van der Waals surface area contributed by atoms with Gasteiger partial charge in [0.05, 0.1) is 13.2 Å². The van der Waals surface area contributed by atoms with Crippen LogP contribution in [0.3, 0.4) is 0 Å². The van der Waals surface area contributed by atoms with Gasteiger partial charge in [-0.3, -0.25) is 4.79 Å². The fourth-order valence-electron chi connectivity index (χ4n) is 2.36. The molecule has 0 unspecified atom stereocenters. The third kappa shape index (κ3) is 3.31. The summed E-state index contributed by atoms with van der Waals surface area (Å²) in [6, 6.07) is 7.80. The van der Waals surface area contributed by atoms with Crippen LogP contribution in [-0.4, -0.2) is 38.8 Å². The zero-order valence-corrected chi connectivity index (χ0v) is 12.6. The number of ether oxygens (including phenoxy) is 1. The maximum absolute atomic E-state index is 12.1. The quantitative estimate of drug-likeness (QED) is 0.867. The van der Waals surface area contributed by atoms with Crippen LogP contribution < -0.4 is 10.2 Å². The minimum atomic E-state index is -0.00998. The molecule has 1 aromatic rings. The molecule has 1 heterocycles. The number of amides is 1. The van der Waals surface area contributed by atoms with Gasteiger partial charge in [-0.2, -0.15) is 0 Å². The largest absolute Gasteiger partial charge is 0.380 e. The van der Waals surface area contributed by atoms with E-state index in [1.54, 1.807) is 0 Å². The van der Waals surface area contributed by atoms with E-state index in [0.717, 1.165) is 32.0 Å². The van der Waals surface area contributed by atoms with Gasteiger partial charge in [-0.1, -0.05) is 6.92 Å². The molecule has 0 saturated carbocycles. The molecule has 0 spiro atoms. The van der Waals surface area contributed by atoms with Crippen LogP contribution in [0.5, 0.6) is 0 Å². The van der Waals surface area contributed by atoms with Crippen molar-refractivity contribution in [2.24, 2.45) is 5.41 Å². The topological polar surface area (TPSA) is 41.6 Å². The zero-order valence-electron chi connectivity index (χ0n) is 12.6. The van der Waals surface area contributed by atoms with Crippen molar-refractivity contribution in [1.82, 2.24) is 5.32 Å². The van der Waals surface area contributed by atoms with Gasteiger partial charge in [0.2, 0.25) is 0 Å². The normalized spacial score (nSPS) is 16.4. The van der Waals surface area contributed by atoms with Crippen LogP contribution in [0.1, 0.15) is 31.1 Å². The predicted molar refractivity (Wildman–Crippen MR) is 81.3 cm³/mol. The van der Waals surface area contributed by atoms with Crippen LogP contribution in [0, 0.1) is 5.41 Å². The molecular formula is C16H24N2O2. The highest BCUT2D eigenvalue weighted by Crippen LogP contribution is 2.25. The lowest BCUT2D eigenvalue weighted by Crippen LogP contribution is -2.48. The van der Waals surface area contributed by atoms with Crippen molar-refractivity contribution in [1.29, 1.82) is 0 Å². The maximum atomic E-state index is 12.1. The Kier molecular flexibility index (Phi) is 4.65. The van der Waals surface area contributed by atoms with Crippen molar-refractivity contribution >= 4 is 11.6 Å². The average Bonchev–Trinajstić information content (AvgIpc) is 2.45. The van der Waals surface area contributed by atoms with Gasteiger partial charge in [0.25, 0.3) is 5.91 Å². The third-order valence-corrected chi connectivity index (χ3v) is 3.83. The van der Waals surface area contributed by atoms with E-state index < -0.39 is 0 Å². The van der Waals surface area contributed by atoms with Crippen molar-refractivity contribution in [2.75, 3.05) is 37.7 Å². The van der Waals surface area contributed by atoms with Crippen LogP contribution in [0.2, 0.25) is 0 Å². The smallest absolute Gasteiger partial charge is 0.251 e. The Labute approximate surface area is 121 Å². The van der Waals surface area contributed by atoms with Gasteiger partial charge in [-0.25, -0.2) is 0 Å². The van der Waals surface area contributed by atoms with Crippen molar-refractivity contribution < 1.29 is 9.53 Å². The number of anilines is 1. The number of rotatable bonds is 6. The van der Waals surface area contributed by atoms with E-state index in [0.29, 0.717) is 12.1 Å². The minimum absolute atomic E-state index is 0.00998. The predicted octanol–water partition coefficient (Wildman–Crippen LogP) is 2.30. The summed E-state index contributed by atoms with van der Waals surface area (Å²) >= 11 is 0. The first-order valence-electron chi connectivity index (χ1n) is 7.29. The Morgan fingerprint density at radius 3 is 2.30 bits per heavy atom. The number of carbonyl (C=O) groups excluding carboxylic acids is 1. The Hall–Kier alpha value is -1.55. The Balaban J connectivity index is 1.93. The molecule has 4 nitrogen and oxygen atoms in total. The maximum Gasteiger partial charge on any atom is 0.251 e. The number of benzene rings is 1. The lowest BCUT2D eigenvalue weighted by Gasteiger charge is -2.38. The van der Waals surface area contributed by atoms with E-state index >= 15 is 0 Å². The van der Waals surface area contributed by atoms with E-state index in [9.17, 15) is 4.79 Å². The first-order chi connectivity index (χ1) is 9.58. The van der Waals surface area contributed by atoms with Crippen molar-refractivity contribution in [3.05, 3.63) is 29.8 Å². The van der Waals surface area contributed by atoms with Gasteiger partial charge < -0.3 is 15.0 Å². The molecule has 0 atom stereocenters. The lowest BCUT2D eigenvalue weighted by atomic mass is 9.88. The molecule has 1 N–H and O–H groups in total. The summed E-state index contributed by atoms with van der Waals surface area (Å²) in [6.45, 7) is 10.5. The molecule has 0 aromatic heterocycles. The second-order valence-corrected chi connectivity index (χ2v) is 5.71. The number of nitrogens with zero attached hydrogens (tertiary/aromatic N) is 1. The SMILES string of the molecule is CCN(CC)c1ccc(C(=O)NCC2(C)COC2)cc1. The second kappa shape index (κ2) is 6.27. The molecule has 1 fully saturated rings. The number of nitrogens with one attached hydrogen (secondary N) is 1. The van der Waals surface area contributed by atoms with Crippen LogP contribution >= 0.6 is 0 Å². The highest BCUT2D eigenvalue weighted by molar-refractivity contribution is 5.94. The highest BCUT2D eigenvalue weighted by Gasteiger charge is 2.33. The Morgan fingerprint density at radius 1 is 1.25 bits per heavy atom. The number of hydrogen-bond donors (Lipinski definition) is 1. The summed E-state index contributed by atoms with van der Waals surface area (Å²) in [6.07, 6.45) is 0. The monoisotopic (exact) mass is 276 g/mol. The Bertz CT molecular complexity index is 448. The fraction of sp³-hybridized carbons (Fsp3) is 0.562. The lowest BCUT2D eigenvalue weighted by molar-refractivity contribution is -0.0978. The van der Waals surface area contributed by atoms with Crippen molar-refractivity contribution in [3.63, 3.8) is 0 Å². The molecule has 1 aromatic carbocycles. The highest BCUT2D eigenvalue weighted by atomic mass is 16.5. The summed E-state index contributed by atoms with van der Waals surface area (Å²) in [5, 5.41) is 2.99. The van der Waals surface area contributed by atoms with Gasteiger partial charge in [-0.15, -0.1) is 0 Å². The molecule has 4 heteroatoms. The summed E-state index contributed by atoms with van der Waals surface area (Å²) in [5.74, 6) is -0.00998. The Morgan fingerprint density at radius 2 is 1.85 bits per heavy atom. The first-order valence-corrected chi connectivity index (χ1v) is 7.29. The van der Waals surface area contributed by atoms with Crippen LogP contribution in [0.25, 0.3) is 0 Å². The van der Waals surface area contributed by atoms with Gasteiger partial charge in [0.15, 0.2) is 0 Å². The molecule has 20 heavy (non-hydrogen) atoms. The van der Waals surface area contributed by atoms with Crippen LogP contribution in [-0.2, 0) is 4.74 Å². The molecule has 1 saturated heterocycles. The zero-order chi connectivity index (χ0) is 14.6. The fourth-order valence-corrected chi connectivity index (χ4v) is 2.36. The standard InChI is InChI=1S/C16H24N2O2/c1-4-18(5-2)14-8-6-13(7-9-14)15(19)17-10-16(3)11-20-12-16/h6-9H,4-5,10-12H2,1-3H3,(H,17,19). The van der Waals surface area contributed by atoms with Gasteiger partial charge in [0, 0.05) is 36.3 Å². The average molecular weight is 276 g/mol. The summed E-state index contributed by atoms with van der Waals surface area (Å²) in [7, 11) is 0. The molecular weight excluding hydrogens is 252 g/mol. The van der Waals surface area contributed by atoms with Crippen molar-refractivity contribution in [3.8, 4) is 0 Å². The number of carbonyl (C=O) groups is 1. The molecule has 2 rings (SSSR count). The molecule has 1 aliphatic heterocycles. The number of hydrogen-bond acceptors (Lipinski definition) is 3. The summed E-state index contributed by atoms with van der Waals surface area (Å²) in [4.78, 5) is 14.3. The third-order valence-electron chi connectivity index (χ3n) is 3.83. The van der Waals surface area contributed by atoms with E-state index in [1.165, 1.54) is 0 Å². The molecule has 0 aliphatic carbocycles. The minimum Gasteiger partial charge on any atom is -0.380 e. The van der Waals surface area contributed by atoms with Gasteiger partial charge in [0.1, 0.15) is 0 Å².